The topological polar surface area (TPSA) is 41.6 Å². The molecule has 0 bridgehead atoms. The first-order valence-corrected chi connectivity index (χ1v) is 7.66. The lowest BCUT2D eigenvalue weighted by Crippen LogP contribution is -2.44. The van der Waals surface area contributed by atoms with Gasteiger partial charge in [-0.05, 0) is 59.5 Å². The molecular weight excluding hydrogens is 240 g/mol. The molecule has 0 aromatic rings. The Morgan fingerprint density at radius 1 is 1.42 bits per heavy atom. The molecule has 1 atom stereocenters. The number of hydrogen-bond acceptors (Lipinski definition) is 4. The third-order valence-corrected chi connectivity index (χ3v) is 3.97. The second kappa shape index (κ2) is 7.85. The van der Waals surface area contributed by atoms with Crippen molar-refractivity contribution < 1.29 is 9.53 Å². The molecule has 1 saturated heterocycles. The van der Waals surface area contributed by atoms with E-state index in [1.165, 1.54) is 12.8 Å². The first-order chi connectivity index (χ1) is 9.01. The third kappa shape index (κ3) is 5.11. The molecule has 1 N–H and O–H groups in total. The standard InChI is InChI=1S/C15H30N2O2/c1-5-10-16-13(14(18)19-6-2)8-12-17-11-7-9-15(17,3)4/h13,16H,5-12H2,1-4H3. The molecule has 112 valence electrons. The molecule has 1 unspecified atom stereocenters. The zero-order valence-corrected chi connectivity index (χ0v) is 13.0. The number of hydrogen-bond donors (Lipinski definition) is 1. The van der Waals surface area contributed by atoms with Gasteiger partial charge < -0.3 is 10.1 Å². The van der Waals surface area contributed by atoms with E-state index < -0.39 is 0 Å². The van der Waals surface area contributed by atoms with Gasteiger partial charge in [-0.3, -0.25) is 9.69 Å². The fraction of sp³-hybridized carbons (Fsp3) is 0.933. The van der Waals surface area contributed by atoms with Crippen LogP contribution in [0.15, 0.2) is 0 Å². The summed E-state index contributed by atoms with van der Waals surface area (Å²) in [6.07, 6.45) is 4.38. The van der Waals surface area contributed by atoms with E-state index in [1.54, 1.807) is 0 Å². The summed E-state index contributed by atoms with van der Waals surface area (Å²) < 4.78 is 5.15. The summed E-state index contributed by atoms with van der Waals surface area (Å²) >= 11 is 0. The fourth-order valence-corrected chi connectivity index (χ4v) is 2.73. The Hall–Kier alpha value is -0.610. The van der Waals surface area contributed by atoms with Gasteiger partial charge in [0.2, 0.25) is 0 Å². The maximum absolute atomic E-state index is 11.9. The third-order valence-electron chi connectivity index (χ3n) is 3.97. The number of esters is 1. The van der Waals surface area contributed by atoms with Crippen molar-refractivity contribution in [2.24, 2.45) is 0 Å². The maximum Gasteiger partial charge on any atom is 0.323 e. The summed E-state index contributed by atoms with van der Waals surface area (Å²) in [4.78, 5) is 14.4. The molecule has 1 fully saturated rings. The average molecular weight is 270 g/mol. The lowest BCUT2D eigenvalue weighted by molar-refractivity contribution is -0.146. The van der Waals surface area contributed by atoms with Gasteiger partial charge in [0, 0.05) is 12.1 Å². The molecule has 0 radical (unpaired) electrons. The molecule has 1 rings (SSSR count). The lowest BCUT2D eigenvalue weighted by Gasteiger charge is -2.32. The summed E-state index contributed by atoms with van der Waals surface area (Å²) in [7, 11) is 0. The van der Waals surface area contributed by atoms with Crippen LogP contribution >= 0.6 is 0 Å². The number of rotatable bonds is 8. The van der Waals surface area contributed by atoms with Gasteiger partial charge in [0.1, 0.15) is 6.04 Å². The van der Waals surface area contributed by atoms with Crippen LogP contribution in [0, 0.1) is 0 Å². The van der Waals surface area contributed by atoms with Crippen molar-refractivity contribution in [1.29, 1.82) is 0 Å². The van der Waals surface area contributed by atoms with E-state index in [4.69, 9.17) is 4.74 Å². The molecule has 0 aromatic carbocycles. The molecule has 0 amide bonds. The molecule has 0 aliphatic carbocycles. The highest BCUT2D eigenvalue weighted by Gasteiger charge is 2.32. The minimum atomic E-state index is -0.156. The van der Waals surface area contributed by atoms with Crippen LogP contribution in [-0.4, -0.2) is 48.7 Å². The summed E-state index contributed by atoms with van der Waals surface area (Å²) in [6, 6.07) is -0.156. The largest absolute Gasteiger partial charge is 0.465 e. The molecule has 1 heterocycles. The Morgan fingerprint density at radius 2 is 2.16 bits per heavy atom. The zero-order chi connectivity index (χ0) is 14.3. The molecule has 1 aliphatic heterocycles. The van der Waals surface area contributed by atoms with E-state index in [9.17, 15) is 4.79 Å². The zero-order valence-electron chi connectivity index (χ0n) is 13.0. The maximum atomic E-state index is 11.9. The lowest BCUT2D eigenvalue weighted by atomic mass is 10.0. The van der Waals surface area contributed by atoms with Gasteiger partial charge in [-0.2, -0.15) is 0 Å². The van der Waals surface area contributed by atoms with Crippen LogP contribution < -0.4 is 5.32 Å². The summed E-state index contributed by atoms with van der Waals surface area (Å²) in [5, 5.41) is 3.30. The predicted octanol–water partition coefficient (Wildman–Crippen LogP) is 2.18. The van der Waals surface area contributed by atoms with Gasteiger partial charge in [0.05, 0.1) is 6.61 Å². The Bertz CT molecular complexity index is 279. The van der Waals surface area contributed by atoms with Crippen molar-refractivity contribution in [3.8, 4) is 0 Å². The monoisotopic (exact) mass is 270 g/mol. The molecule has 1 aliphatic rings. The van der Waals surface area contributed by atoms with Gasteiger partial charge in [0.25, 0.3) is 0 Å². The number of carbonyl (C=O) groups is 1. The van der Waals surface area contributed by atoms with E-state index in [1.807, 2.05) is 6.92 Å². The Morgan fingerprint density at radius 3 is 2.68 bits per heavy atom. The Balaban J connectivity index is 2.45. The fourth-order valence-electron chi connectivity index (χ4n) is 2.73. The van der Waals surface area contributed by atoms with Crippen molar-refractivity contribution in [2.75, 3.05) is 26.2 Å². The number of nitrogens with one attached hydrogen (secondary N) is 1. The van der Waals surface area contributed by atoms with Gasteiger partial charge in [-0.15, -0.1) is 0 Å². The minimum absolute atomic E-state index is 0.104. The molecule has 4 nitrogen and oxygen atoms in total. The molecule has 4 heteroatoms. The SMILES string of the molecule is CCCNC(CCN1CCCC1(C)C)C(=O)OCC. The Kier molecular flexibility index (Phi) is 6.80. The van der Waals surface area contributed by atoms with E-state index in [0.717, 1.165) is 32.5 Å². The van der Waals surface area contributed by atoms with E-state index in [0.29, 0.717) is 6.61 Å². The highest BCUT2D eigenvalue weighted by molar-refractivity contribution is 5.75. The molecule has 0 spiro atoms. The normalized spacial score (nSPS) is 20.4. The number of carbonyl (C=O) groups excluding carboxylic acids is 1. The summed E-state index contributed by atoms with van der Waals surface area (Å²) in [5.74, 6) is -0.104. The highest BCUT2D eigenvalue weighted by atomic mass is 16.5. The van der Waals surface area contributed by atoms with Crippen molar-refractivity contribution >= 4 is 5.97 Å². The first-order valence-electron chi connectivity index (χ1n) is 7.66. The van der Waals surface area contributed by atoms with Crippen molar-refractivity contribution in [1.82, 2.24) is 10.2 Å². The molecule has 0 aromatic heterocycles. The van der Waals surface area contributed by atoms with Gasteiger partial charge in [0.15, 0.2) is 0 Å². The van der Waals surface area contributed by atoms with E-state index in [-0.39, 0.29) is 17.6 Å². The second-order valence-electron chi connectivity index (χ2n) is 5.95. The van der Waals surface area contributed by atoms with Crippen molar-refractivity contribution in [2.45, 2.75) is 65.0 Å². The van der Waals surface area contributed by atoms with Crippen LogP contribution in [0.1, 0.15) is 53.4 Å². The smallest absolute Gasteiger partial charge is 0.323 e. The number of nitrogens with zero attached hydrogens (tertiary/aromatic N) is 1. The van der Waals surface area contributed by atoms with Crippen LogP contribution in [-0.2, 0) is 9.53 Å². The minimum Gasteiger partial charge on any atom is -0.465 e. The van der Waals surface area contributed by atoms with Crippen LogP contribution in [0.25, 0.3) is 0 Å². The van der Waals surface area contributed by atoms with Crippen LogP contribution in [0.4, 0.5) is 0 Å². The quantitative estimate of drug-likeness (QED) is 0.686. The molecule has 0 saturated carbocycles. The van der Waals surface area contributed by atoms with Gasteiger partial charge >= 0.3 is 5.97 Å². The van der Waals surface area contributed by atoms with E-state index >= 15 is 0 Å². The molecular formula is C15H30N2O2. The van der Waals surface area contributed by atoms with E-state index in [2.05, 4.69) is 31.0 Å². The number of ether oxygens (including phenoxy) is 1. The summed E-state index contributed by atoms with van der Waals surface area (Å²) in [6.45, 7) is 12.0. The van der Waals surface area contributed by atoms with Crippen molar-refractivity contribution in [3.05, 3.63) is 0 Å². The second-order valence-corrected chi connectivity index (χ2v) is 5.95. The van der Waals surface area contributed by atoms with Gasteiger partial charge in [-0.25, -0.2) is 0 Å². The average Bonchev–Trinajstić information content (AvgIpc) is 2.69. The van der Waals surface area contributed by atoms with Crippen LogP contribution in [0.3, 0.4) is 0 Å². The predicted molar refractivity (Wildman–Crippen MR) is 78.2 cm³/mol. The van der Waals surface area contributed by atoms with Crippen molar-refractivity contribution in [3.63, 3.8) is 0 Å². The highest BCUT2D eigenvalue weighted by Crippen LogP contribution is 2.28. The summed E-state index contributed by atoms with van der Waals surface area (Å²) in [5.41, 5.74) is 0.282. The Labute approximate surface area is 117 Å². The van der Waals surface area contributed by atoms with Crippen LogP contribution in [0.5, 0.6) is 0 Å². The first kappa shape index (κ1) is 16.4. The molecule has 19 heavy (non-hydrogen) atoms. The van der Waals surface area contributed by atoms with Gasteiger partial charge in [-0.1, -0.05) is 6.92 Å². The van der Waals surface area contributed by atoms with Crippen LogP contribution in [0.2, 0.25) is 0 Å². The number of likely N-dealkylation sites (tertiary alicyclic amines) is 1.